The number of halogens is 1. The summed E-state index contributed by atoms with van der Waals surface area (Å²) in [6.07, 6.45) is 1.03. The van der Waals surface area contributed by atoms with E-state index in [4.69, 9.17) is 0 Å². The van der Waals surface area contributed by atoms with Gasteiger partial charge in [-0.1, -0.05) is 0 Å². The highest BCUT2D eigenvalue weighted by Gasteiger charge is 2.22. The van der Waals surface area contributed by atoms with Gasteiger partial charge in [-0.15, -0.1) is 0 Å². The summed E-state index contributed by atoms with van der Waals surface area (Å²) < 4.78 is 13.2. The number of nitrogens with zero attached hydrogens (tertiary/aromatic N) is 1. The van der Waals surface area contributed by atoms with Crippen LogP contribution in [0, 0.1) is 5.82 Å². The second kappa shape index (κ2) is 3.84. The Labute approximate surface area is 100 Å². The van der Waals surface area contributed by atoms with Gasteiger partial charge in [0.15, 0.2) is 0 Å². The Hall–Kier alpha value is -1.35. The minimum atomic E-state index is -0.170. The minimum absolute atomic E-state index is 0.170. The number of aromatic amines is 1. The number of aromatic nitrogens is 1. The zero-order valence-electron chi connectivity index (χ0n) is 10.3. The smallest absolute Gasteiger partial charge is 0.125 e. The molecule has 3 rings (SSSR count). The van der Waals surface area contributed by atoms with Crippen molar-refractivity contribution in [2.24, 2.45) is 0 Å². The van der Waals surface area contributed by atoms with Crippen LogP contribution in [0.5, 0.6) is 0 Å². The second-order valence-corrected chi connectivity index (χ2v) is 5.09. The highest BCUT2D eigenvalue weighted by atomic mass is 19.1. The molecule has 0 saturated carbocycles. The minimum Gasteiger partial charge on any atom is -0.358 e. The average molecular weight is 232 g/mol. The highest BCUT2D eigenvalue weighted by molar-refractivity contribution is 5.84. The van der Waals surface area contributed by atoms with Crippen molar-refractivity contribution in [2.75, 3.05) is 6.54 Å². The van der Waals surface area contributed by atoms with E-state index in [1.807, 2.05) is 6.07 Å². The van der Waals surface area contributed by atoms with Gasteiger partial charge >= 0.3 is 0 Å². The summed E-state index contributed by atoms with van der Waals surface area (Å²) in [6.45, 7) is 6.50. The average Bonchev–Trinajstić information content (AvgIpc) is 2.64. The number of nitrogens with one attached hydrogen (secondary N) is 1. The van der Waals surface area contributed by atoms with Crippen LogP contribution >= 0.6 is 0 Å². The summed E-state index contributed by atoms with van der Waals surface area (Å²) in [4.78, 5) is 5.81. The van der Waals surface area contributed by atoms with Crippen molar-refractivity contribution in [1.82, 2.24) is 9.88 Å². The number of H-pyrrole nitrogens is 1. The second-order valence-electron chi connectivity index (χ2n) is 5.09. The molecule has 1 aliphatic heterocycles. The van der Waals surface area contributed by atoms with Crippen molar-refractivity contribution < 1.29 is 4.39 Å². The summed E-state index contributed by atoms with van der Waals surface area (Å²) in [5.41, 5.74) is 3.56. The molecule has 0 spiro atoms. The molecule has 0 radical (unpaired) electrons. The molecule has 2 nitrogen and oxygen atoms in total. The van der Waals surface area contributed by atoms with Crippen LogP contribution in [-0.2, 0) is 13.0 Å². The van der Waals surface area contributed by atoms with E-state index < -0.39 is 0 Å². The molecule has 3 heteroatoms. The van der Waals surface area contributed by atoms with Crippen molar-refractivity contribution in [3.8, 4) is 0 Å². The maximum atomic E-state index is 13.2. The monoisotopic (exact) mass is 232 g/mol. The molecule has 0 atom stereocenters. The molecule has 0 unspecified atom stereocenters. The van der Waals surface area contributed by atoms with Gasteiger partial charge in [-0.2, -0.15) is 0 Å². The van der Waals surface area contributed by atoms with E-state index in [0.29, 0.717) is 6.04 Å². The van der Waals surface area contributed by atoms with E-state index in [1.165, 1.54) is 16.6 Å². The molecule has 0 bridgehead atoms. The third-order valence-electron chi connectivity index (χ3n) is 3.70. The van der Waals surface area contributed by atoms with Gasteiger partial charge in [0, 0.05) is 42.1 Å². The van der Waals surface area contributed by atoms with Gasteiger partial charge in [0.1, 0.15) is 5.82 Å². The molecule has 2 heterocycles. The van der Waals surface area contributed by atoms with Gasteiger partial charge in [0.25, 0.3) is 0 Å². The van der Waals surface area contributed by atoms with Crippen molar-refractivity contribution in [2.45, 2.75) is 32.9 Å². The number of fused-ring (bicyclic) bond motifs is 3. The van der Waals surface area contributed by atoms with Crippen LogP contribution in [0.2, 0.25) is 0 Å². The Morgan fingerprint density at radius 2 is 2.18 bits per heavy atom. The standard InChI is InChI=1S/C14H17FN2/c1-9(2)17-6-5-13-12(8-17)11-4-3-10(15)7-14(11)16-13/h3-4,7,9,16H,5-6,8H2,1-2H3. The fraction of sp³-hybridized carbons (Fsp3) is 0.429. The lowest BCUT2D eigenvalue weighted by molar-refractivity contribution is 0.203. The predicted octanol–water partition coefficient (Wildman–Crippen LogP) is 3.07. The molecule has 0 saturated heterocycles. The van der Waals surface area contributed by atoms with Crippen molar-refractivity contribution in [3.63, 3.8) is 0 Å². The Kier molecular flexibility index (Phi) is 2.44. The van der Waals surface area contributed by atoms with Gasteiger partial charge in [0.05, 0.1) is 0 Å². The van der Waals surface area contributed by atoms with E-state index in [2.05, 4.69) is 23.7 Å². The number of rotatable bonds is 1. The summed E-state index contributed by atoms with van der Waals surface area (Å²) in [6, 6.07) is 5.59. The largest absolute Gasteiger partial charge is 0.358 e. The van der Waals surface area contributed by atoms with E-state index in [1.54, 1.807) is 12.1 Å². The van der Waals surface area contributed by atoms with Crippen LogP contribution < -0.4 is 0 Å². The summed E-state index contributed by atoms with van der Waals surface area (Å²) in [7, 11) is 0. The molecule has 17 heavy (non-hydrogen) atoms. The van der Waals surface area contributed by atoms with Gasteiger partial charge in [-0.05, 0) is 37.6 Å². The Bertz CT molecular complexity index is 557. The van der Waals surface area contributed by atoms with E-state index in [9.17, 15) is 4.39 Å². The molecule has 0 amide bonds. The topological polar surface area (TPSA) is 19.0 Å². The highest BCUT2D eigenvalue weighted by Crippen LogP contribution is 2.28. The predicted molar refractivity (Wildman–Crippen MR) is 67.5 cm³/mol. The normalized spacial score (nSPS) is 16.7. The van der Waals surface area contributed by atoms with Gasteiger partial charge in [0.2, 0.25) is 0 Å². The first kappa shape index (κ1) is 10.8. The molecular formula is C14H17FN2. The van der Waals surface area contributed by atoms with Gasteiger partial charge in [-0.25, -0.2) is 4.39 Å². The Morgan fingerprint density at radius 1 is 1.35 bits per heavy atom. The SMILES string of the molecule is CC(C)N1CCc2[nH]c3cc(F)ccc3c2C1. The molecule has 90 valence electrons. The van der Waals surface area contributed by atoms with Gasteiger partial charge < -0.3 is 4.98 Å². The van der Waals surface area contributed by atoms with Crippen LogP contribution in [0.25, 0.3) is 10.9 Å². The third kappa shape index (κ3) is 1.75. The summed E-state index contributed by atoms with van der Waals surface area (Å²) in [5, 5.41) is 1.17. The molecule has 1 N–H and O–H groups in total. The molecule has 0 fully saturated rings. The van der Waals surface area contributed by atoms with Crippen molar-refractivity contribution in [3.05, 3.63) is 35.3 Å². The van der Waals surface area contributed by atoms with Crippen molar-refractivity contribution in [1.29, 1.82) is 0 Å². The number of hydrogen-bond acceptors (Lipinski definition) is 1. The zero-order valence-corrected chi connectivity index (χ0v) is 10.3. The maximum absolute atomic E-state index is 13.2. The summed E-state index contributed by atoms with van der Waals surface area (Å²) >= 11 is 0. The lowest BCUT2D eigenvalue weighted by atomic mass is 10.0. The molecule has 1 aliphatic rings. The first-order valence-electron chi connectivity index (χ1n) is 6.18. The lowest BCUT2D eigenvalue weighted by Gasteiger charge is -2.30. The third-order valence-corrected chi connectivity index (χ3v) is 3.70. The van der Waals surface area contributed by atoms with Crippen LogP contribution in [0.3, 0.4) is 0 Å². The zero-order chi connectivity index (χ0) is 12.0. The number of hydrogen-bond donors (Lipinski definition) is 1. The van der Waals surface area contributed by atoms with E-state index in [0.717, 1.165) is 25.0 Å². The molecule has 1 aromatic carbocycles. The Balaban J connectivity index is 2.09. The van der Waals surface area contributed by atoms with Crippen molar-refractivity contribution >= 4 is 10.9 Å². The molecule has 0 aliphatic carbocycles. The fourth-order valence-electron chi connectivity index (χ4n) is 2.66. The van der Waals surface area contributed by atoms with Crippen LogP contribution in [-0.4, -0.2) is 22.5 Å². The van der Waals surface area contributed by atoms with Gasteiger partial charge in [-0.3, -0.25) is 4.90 Å². The van der Waals surface area contributed by atoms with Crippen LogP contribution in [0.1, 0.15) is 25.1 Å². The van der Waals surface area contributed by atoms with E-state index >= 15 is 0 Å². The summed E-state index contributed by atoms with van der Waals surface area (Å²) in [5.74, 6) is -0.170. The maximum Gasteiger partial charge on any atom is 0.125 e. The number of benzene rings is 1. The lowest BCUT2D eigenvalue weighted by Crippen LogP contribution is -2.35. The fourth-order valence-corrected chi connectivity index (χ4v) is 2.66. The Morgan fingerprint density at radius 3 is 2.94 bits per heavy atom. The van der Waals surface area contributed by atoms with E-state index in [-0.39, 0.29) is 5.82 Å². The molecule has 2 aromatic rings. The molecule has 1 aromatic heterocycles. The van der Waals surface area contributed by atoms with Crippen LogP contribution in [0.4, 0.5) is 4.39 Å². The first-order valence-corrected chi connectivity index (χ1v) is 6.18. The van der Waals surface area contributed by atoms with Crippen LogP contribution in [0.15, 0.2) is 18.2 Å². The quantitative estimate of drug-likeness (QED) is 0.800. The first-order chi connectivity index (χ1) is 8.15. The molecular weight excluding hydrogens is 215 g/mol.